The maximum atomic E-state index is 14.2. The molecular weight excluding hydrogens is 293 g/mol. The number of aromatic nitrogens is 2. The maximum Gasteiger partial charge on any atom is 0.256 e. The predicted octanol–water partition coefficient (Wildman–Crippen LogP) is 3.17. The summed E-state index contributed by atoms with van der Waals surface area (Å²) in [6, 6.07) is 7.73. The molecule has 1 fully saturated rings. The highest BCUT2D eigenvalue weighted by molar-refractivity contribution is 6.29. The number of nitrogens with zero attached hydrogens (tertiary/aromatic N) is 3. The summed E-state index contributed by atoms with van der Waals surface area (Å²) in [5.41, 5.74) is 1.18. The highest BCUT2D eigenvalue weighted by Gasteiger charge is 2.22. The van der Waals surface area contributed by atoms with E-state index in [2.05, 4.69) is 10.2 Å². The van der Waals surface area contributed by atoms with Crippen LogP contribution in [-0.4, -0.2) is 34.1 Å². The largest absolute Gasteiger partial charge is 0.339 e. The second-order valence-electron chi connectivity index (χ2n) is 4.94. The first kappa shape index (κ1) is 13.9. The lowest BCUT2D eigenvalue weighted by Crippen LogP contribution is -2.28. The maximum absolute atomic E-state index is 14.2. The van der Waals surface area contributed by atoms with Crippen molar-refractivity contribution in [2.75, 3.05) is 13.1 Å². The van der Waals surface area contributed by atoms with Gasteiger partial charge in [-0.3, -0.25) is 4.79 Å². The first-order chi connectivity index (χ1) is 10.1. The molecule has 0 bridgehead atoms. The Morgan fingerprint density at radius 1 is 1.14 bits per heavy atom. The van der Waals surface area contributed by atoms with E-state index in [9.17, 15) is 9.18 Å². The summed E-state index contributed by atoms with van der Waals surface area (Å²) in [7, 11) is 0. The molecule has 0 unspecified atom stereocenters. The van der Waals surface area contributed by atoms with Crippen LogP contribution in [-0.2, 0) is 0 Å². The van der Waals surface area contributed by atoms with Crippen LogP contribution in [0.1, 0.15) is 23.2 Å². The average molecular weight is 306 g/mol. The van der Waals surface area contributed by atoms with Crippen molar-refractivity contribution in [3.8, 4) is 11.3 Å². The first-order valence-electron chi connectivity index (χ1n) is 6.73. The molecular formula is C15H13ClFN3O. The third-order valence-electron chi connectivity index (χ3n) is 3.52. The zero-order valence-corrected chi connectivity index (χ0v) is 12.0. The van der Waals surface area contributed by atoms with Crippen LogP contribution in [0.4, 0.5) is 4.39 Å². The Morgan fingerprint density at radius 3 is 2.52 bits per heavy atom. The minimum atomic E-state index is -0.541. The van der Waals surface area contributed by atoms with Crippen LogP contribution in [0.3, 0.4) is 0 Å². The van der Waals surface area contributed by atoms with Crippen LogP contribution in [0, 0.1) is 5.82 Å². The number of hydrogen-bond donors (Lipinski definition) is 0. The van der Waals surface area contributed by atoms with Gasteiger partial charge < -0.3 is 4.90 Å². The Bertz CT molecular complexity index is 669. The van der Waals surface area contributed by atoms with Crippen LogP contribution in [0.15, 0.2) is 30.3 Å². The minimum absolute atomic E-state index is 0.0996. The summed E-state index contributed by atoms with van der Waals surface area (Å²) >= 11 is 5.67. The van der Waals surface area contributed by atoms with Crippen molar-refractivity contribution < 1.29 is 9.18 Å². The van der Waals surface area contributed by atoms with Crippen LogP contribution < -0.4 is 0 Å². The summed E-state index contributed by atoms with van der Waals surface area (Å²) in [4.78, 5) is 13.9. The first-order valence-corrected chi connectivity index (χ1v) is 7.11. The zero-order valence-electron chi connectivity index (χ0n) is 11.2. The number of hydrogen-bond acceptors (Lipinski definition) is 3. The molecule has 0 aliphatic carbocycles. The highest BCUT2D eigenvalue weighted by atomic mass is 35.5. The normalized spacial score (nSPS) is 14.5. The number of rotatable bonds is 2. The molecule has 0 saturated carbocycles. The van der Waals surface area contributed by atoms with Gasteiger partial charge in [-0.1, -0.05) is 17.7 Å². The third kappa shape index (κ3) is 2.88. The van der Waals surface area contributed by atoms with Crippen molar-refractivity contribution in [1.29, 1.82) is 0 Å². The summed E-state index contributed by atoms with van der Waals surface area (Å²) in [6.07, 6.45) is 1.96. The molecule has 0 N–H and O–H groups in total. The molecule has 0 spiro atoms. The fraction of sp³-hybridized carbons (Fsp3) is 0.267. The van der Waals surface area contributed by atoms with Gasteiger partial charge in [0, 0.05) is 18.7 Å². The number of amides is 1. The summed E-state index contributed by atoms with van der Waals surface area (Å²) in [5.74, 6) is -0.792. The Labute approximate surface area is 126 Å². The lowest BCUT2D eigenvalue weighted by atomic mass is 10.1. The quantitative estimate of drug-likeness (QED) is 0.856. The summed E-state index contributed by atoms with van der Waals surface area (Å²) < 4.78 is 14.2. The zero-order chi connectivity index (χ0) is 14.8. The topological polar surface area (TPSA) is 46.1 Å². The molecule has 2 aromatic rings. The van der Waals surface area contributed by atoms with Gasteiger partial charge in [0.15, 0.2) is 5.15 Å². The minimum Gasteiger partial charge on any atom is -0.339 e. The van der Waals surface area contributed by atoms with Crippen molar-refractivity contribution >= 4 is 17.5 Å². The molecule has 3 rings (SSSR count). The van der Waals surface area contributed by atoms with Gasteiger partial charge >= 0.3 is 0 Å². The van der Waals surface area contributed by atoms with Crippen molar-refractivity contribution in [3.05, 3.63) is 46.9 Å². The average Bonchev–Trinajstić information content (AvgIpc) is 3.01. The molecule has 1 aliphatic rings. The molecule has 6 heteroatoms. The van der Waals surface area contributed by atoms with Gasteiger partial charge in [0.2, 0.25) is 0 Å². The molecule has 1 aliphatic heterocycles. The van der Waals surface area contributed by atoms with E-state index in [0.717, 1.165) is 12.8 Å². The highest BCUT2D eigenvalue weighted by Crippen LogP contribution is 2.22. The van der Waals surface area contributed by atoms with Crippen molar-refractivity contribution in [2.24, 2.45) is 0 Å². The molecule has 1 saturated heterocycles. The van der Waals surface area contributed by atoms with E-state index < -0.39 is 5.82 Å². The van der Waals surface area contributed by atoms with E-state index in [1.165, 1.54) is 12.1 Å². The summed E-state index contributed by atoms with van der Waals surface area (Å²) in [5, 5.41) is 7.90. The predicted molar refractivity (Wildman–Crippen MR) is 77.6 cm³/mol. The monoisotopic (exact) mass is 305 g/mol. The van der Waals surface area contributed by atoms with Gasteiger partial charge in [0.25, 0.3) is 5.91 Å². The van der Waals surface area contributed by atoms with E-state index >= 15 is 0 Å². The van der Waals surface area contributed by atoms with Crippen LogP contribution >= 0.6 is 11.6 Å². The van der Waals surface area contributed by atoms with E-state index in [-0.39, 0.29) is 16.6 Å². The Morgan fingerprint density at radius 2 is 1.90 bits per heavy atom. The van der Waals surface area contributed by atoms with Gasteiger partial charge in [-0.25, -0.2) is 4.39 Å². The number of carbonyl (C=O) groups is 1. The standard InChI is InChI=1S/C15H13ClFN3O/c16-14-6-5-13(18-19-14)10-3-4-11(12(17)9-10)15(21)20-7-1-2-8-20/h3-6,9H,1-2,7-8H2. The van der Waals surface area contributed by atoms with Crippen molar-refractivity contribution in [2.45, 2.75) is 12.8 Å². The Kier molecular flexibility index (Phi) is 3.84. The van der Waals surface area contributed by atoms with Gasteiger partial charge in [-0.2, -0.15) is 0 Å². The number of carbonyl (C=O) groups excluding carboxylic acids is 1. The lowest BCUT2D eigenvalue weighted by molar-refractivity contribution is 0.0788. The number of benzene rings is 1. The second-order valence-corrected chi connectivity index (χ2v) is 5.32. The molecule has 2 heterocycles. The van der Waals surface area contributed by atoms with Gasteiger partial charge in [-0.05, 0) is 37.1 Å². The fourth-order valence-electron chi connectivity index (χ4n) is 2.41. The van der Waals surface area contributed by atoms with Gasteiger partial charge in [-0.15, -0.1) is 10.2 Å². The molecule has 108 valence electrons. The van der Waals surface area contributed by atoms with Crippen LogP contribution in [0.5, 0.6) is 0 Å². The van der Waals surface area contributed by atoms with Crippen molar-refractivity contribution in [1.82, 2.24) is 15.1 Å². The summed E-state index contributed by atoms with van der Waals surface area (Å²) in [6.45, 7) is 1.39. The molecule has 4 nitrogen and oxygen atoms in total. The van der Waals surface area contributed by atoms with E-state index in [0.29, 0.717) is 24.3 Å². The van der Waals surface area contributed by atoms with Crippen molar-refractivity contribution in [3.63, 3.8) is 0 Å². The number of halogens is 2. The van der Waals surface area contributed by atoms with E-state index in [4.69, 9.17) is 11.6 Å². The third-order valence-corrected chi connectivity index (χ3v) is 3.72. The van der Waals surface area contributed by atoms with Gasteiger partial charge in [0.1, 0.15) is 5.82 Å². The lowest BCUT2D eigenvalue weighted by Gasteiger charge is -2.15. The molecule has 21 heavy (non-hydrogen) atoms. The molecule has 1 aromatic heterocycles. The molecule has 0 radical (unpaired) electrons. The fourth-order valence-corrected chi connectivity index (χ4v) is 2.51. The van der Waals surface area contributed by atoms with Gasteiger partial charge in [0.05, 0.1) is 11.3 Å². The smallest absolute Gasteiger partial charge is 0.256 e. The van der Waals surface area contributed by atoms with Crippen LogP contribution in [0.25, 0.3) is 11.3 Å². The SMILES string of the molecule is O=C(c1ccc(-c2ccc(Cl)nn2)cc1F)N1CCCC1. The van der Waals surface area contributed by atoms with Crippen LogP contribution in [0.2, 0.25) is 5.15 Å². The molecule has 1 amide bonds. The molecule has 1 aromatic carbocycles. The Balaban J connectivity index is 1.89. The number of likely N-dealkylation sites (tertiary alicyclic amines) is 1. The molecule has 0 atom stereocenters. The van der Waals surface area contributed by atoms with E-state index in [1.54, 1.807) is 23.1 Å². The van der Waals surface area contributed by atoms with E-state index in [1.807, 2.05) is 0 Å². The Hall–Kier alpha value is -2.01. The second kappa shape index (κ2) is 5.77.